The van der Waals surface area contributed by atoms with Crippen molar-refractivity contribution in [3.05, 3.63) is 24.3 Å². The number of ether oxygens (including phenoxy) is 2. The lowest BCUT2D eigenvalue weighted by molar-refractivity contribution is 0.0480. The molecule has 2 N–H and O–H groups in total. The van der Waals surface area contributed by atoms with Crippen LogP contribution in [0.25, 0.3) is 0 Å². The molecule has 2 fully saturated rings. The molecule has 0 radical (unpaired) electrons. The monoisotopic (exact) mass is 474 g/mol. The topological polar surface area (TPSA) is 76.7 Å². The van der Waals surface area contributed by atoms with Crippen molar-refractivity contribution in [2.24, 2.45) is 23.7 Å². The smallest absolute Gasteiger partial charge is 0.408 e. The summed E-state index contributed by atoms with van der Waals surface area (Å²) in [5.41, 5.74) is -0.838. The van der Waals surface area contributed by atoms with Gasteiger partial charge in [-0.1, -0.05) is 37.1 Å². The summed E-state index contributed by atoms with van der Waals surface area (Å²) < 4.78 is 10.6. The van der Waals surface area contributed by atoms with Crippen LogP contribution in [0.1, 0.15) is 92.9 Å². The molecule has 192 valence electrons. The zero-order valence-corrected chi connectivity index (χ0v) is 22.1. The molecule has 4 aliphatic rings. The van der Waals surface area contributed by atoms with Gasteiger partial charge in [0, 0.05) is 0 Å². The van der Waals surface area contributed by atoms with Crippen molar-refractivity contribution in [3.63, 3.8) is 0 Å². The Hall–Kier alpha value is -1.98. The first-order valence-corrected chi connectivity index (χ1v) is 13.2. The molecule has 6 atom stereocenters. The van der Waals surface area contributed by atoms with Crippen LogP contribution in [0, 0.1) is 23.7 Å². The molecule has 6 heteroatoms. The van der Waals surface area contributed by atoms with E-state index in [-0.39, 0.29) is 24.3 Å². The van der Waals surface area contributed by atoms with Crippen molar-refractivity contribution in [1.29, 1.82) is 0 Å². The van der Waals surface area contributed by atoms with Crippen molar-refractivity contribution < 1.29 is 19.1 Å². The maximum Gasteiger partial charge on any atom is 0.408 e. The summed E-state index contributed by atoms with van der Waals surface area (Å²) in [4.78, 5) is 23.5. The summed E-state index contributed by atoms with van der Waals surface area (Å²) >= 11 is 0. The van der Waals surface area contributed by atoms with E-state index in [1.54, 1.807) is 0 Å². The molecule has 0 aromatic rings. The first-order valence-electron chi connectivity index (χ1n) is 13.2. The normalized spacial score (nSPS) is 32.1. The molecule has 4 rings (SSSR count). The number of carbonyl (C=O) groups is 2. The van der Waals surface area contributed by atoms with Crippen molar-refractivity contribution in [3.8, 4) is 0 Å². The van der Waals surface area contributed by atoms with Gasteiger partial charge in [0.2, 0.25) is 0 Å². The maximum absolute atomic E-state index is 11.7. The molecule has 0 saturated heterocycles. The lowest BCUT2D eigenvalue weighted by atomic mass is 9.82. The highest BCUT2D eigenvalue weighted by atomic mass is 16.6. The van der Waals surface area contributed by atoms with Crippen molar-refractivity contribution in [2.45, 2.75) is 116 Å². The van der Waals surface area contributed by atoms with Crippen LogP contribution >= 0.6 is 0 Å². The Morgan fingerprint density at radius 1 is 0.676 bits per heavy atom. The Bertz CT molecular complexity index is 697. The third-order valence-electron chi connectivity index (χ3n) is 7.29. The van der Waals surface area contributed by atoms with E-state index in [2.05, 4.69) is 34.9 Å². The fourth-order valence-electron chi connectivity index (χ4n) is 5.94. The molecule has 0 bridgehead atoms. The third kappa shape index (κ3) is 8.06. The van der Waals surface area contributed by atoms with Crippen molar-refractivity contribution in [2.75, 3.05) is 0 Å². The molecule has 0 heterocycles. The van der Waals surface area contributed by atoms with E-state index in [1.807, 2.05) is 41.5 Å². The summed E-state index contributed by atoms with van der Waals surface area (Å²) in [5.74, 6) is 2.76. The van der Waals surface area contributed by atoms with Crippen molar-refractivity contribution >= 4 is 12.2 Å². The zero-order chi connectivity index (χ0) is 24.9. The molecule has 0 aromatic heterocycles. The minimum Gasteiger partial charge on any atom is -0.444 e. The predicted molar refractivity (Wildman–Crippen MR) is 135 cm³/mol. The number of allylic oxidation sites excluding steroid dienone is 2. The van der Waals surface area contributed by atoms with Crippen molar-refractivity contribution in [1.82, 2.24) is 10.6 Å². The highest BCUT2D eigenvalue weighted by Crippen LogP contribution is 2.40. The molecule has 6 nitrogen and oxygen atoms in total. The quantitative estimate of drug-likeness (QED) is 0.447. The molecule has 2 amide bonds. The van der Waals surface area contributed by atoms with Gasteiger partial charge in [-0.3, -0.25) is 0 Å². The van der Waals surface area contributed by atoms with Crippen LogP contribution in [0.15, 0.2) is 24.3 Å². The second kappa shape index (κ2) is 11.2. The second-order valence-corrected chi connectivity index (χ2v) is 12.4. The van der Waals surface area contributed by atoms with Crippen LogP contribution in [-0.2, 0) is 9.47 Å². The number of carbonyl (C=O) groups excluding carboxylic acids is 2. The Kier molecular flexibility index (Phi) is 8.75. The summed E-state index contributed by atoms with van der Waals surface area (Å²) in [7, 11) is 0. The van der Waals surface area contributed by atoms with E-state index in [9.17, 15) is 9.59 Å². The van der Waals surface area contributed by atoms with Gasteiger partial charge in [0.25, 0.3) is 0 Å². The van der Waals surface area contributed by atoms with Gasteiger partial charge in [0.05, 0.1) is 12.1 Å². The van der Waals surface area contributed by atoms with Gasteiger partial charge in [-0.15, -0.1) is 0 Å². The summed E-state index contributed by atoms with van der Waals surface area (Å²) in [6.45, 7) is 11.3. The molecular weight excluding hydrogens is 428 g/mol. The Labute approximate surface area is 206 Å². The van der Waals surface area contributed by atoms with E-state index < -0.39 is 11.2 Å². The van der Waals surface area contributed by atoms with E-state index in [0.29, 0.717) is 11.8 Å². The van der Waals surface area contributed by atoms with Gasteiger partial charge in [0.15, 0.2) is 0 Å². The van der Waals surface area contributed by atoms with Gasteiger partial charge in [0.1, 0.15) is 11.2 Å². The van der Waals surface area contributed by atoms with Crippen LogP contribution in [0.5, 0.6) is 0 Å². The highest BCUT2D eigenvalue weighted by Gasteiger charge is 2.36. The number of rotatable bonds is 2. The van der Waals surface area contributed by atoms with Gasteiger partial charge in [-0.2, -0.15) is 0 Å². The largest absolute Gasteiger partial charge is 0.444 e. The number of hydrogen-bond donors (Lipinski definition) is 2. The lowest BCUT2D eigenvalue weighted by Crippen LogP contribution is -2.44. The Morgan fingerprint density at radius 3 is 1.41 bits per heavy atom. The fraction of sp³-hybridized carbons (Fsp3) is 0.786. The van der Waals surface area contributed by atoms with Crippen LogP contribution in [0.4, 0.5) is 9.59 Å². The van der Waals surface area contributed by atoms with Crippen LogP contribution < -0.4 is 10.6 Å². The standard InChI is InChI=1S/2C14H23NO2/c2*1-14(2,3)17-13(16)15-12-9-5-7-10-6-4-8-11(10)12/h2*5,9-12H,4,6-8H2,1-3H3,(H,15,16)/t2*10-,11-,12+/m00/s1. The maximum atomic E-state index is 11.7. The number of fused-ring (bicyclic) bond motifs is 2. The van der Waals surface area contributed by atoms with Crippen LogP contribution in [0.3, 0.4) is 0 Å². The molecule has 4 aliphatic carbocycles. The zero-order valence-electron chi connectivity index (χ0n) is 22.1. The van der Waals surface area contributed by atoms with Crippen LogP contribution in [0.2, 0.25) is 0 Å². The average molecular weight is 475 g/mol. The number of alkyl carbamates (subject to hydrolysis) is 2. The first-order chi connectivity index (χ1) is 15.9. The number of nitrogens with one attached hydrogen (secondary N) is 2. The van der Waals surface area contributed by atoms with E-state index >= 15 is 0 Å². The molecule has 0 spiro atoms. The number of amides is 2. The molecule has 0 unspecified atom stereocenters. The predicted octanol–water partition coefficient (Wildman–Crippen LogP) is 6.51. The van der Waals surface area contributed by atoms with Gasteiger partial charge >= 0.3 is 12.2 Å². The first kappa shape index (κ1) is 26.6. The third-order valence-corrected chi connectivity index (χ3v) is 7.29. The summed E-state index contributed by atoms with van der Waals surface area (Å²) in [6.07, 6.45) is 18.1. The molecule has 0 aromatic carbocycles. The molecule has 2 saturated carbocycles. The second-order valence-electron chi connectivity index (χ2n) is 12.4. The van der Waals surface area contributed by atoms with Crippen LogP contribution in [-0.4, -0.2) is 35.5 Å². The highest BCUT2D eigenvalue weighted by molar-refractivity contribution is 5.69. The number of hydrogen-bond acceptors (Lipinski definition) is 4. The molecular formula is C28H46N2O4. The molecule has 0 aliphatic heterocycles. The van der Waals surface area contributed by atoms with Gasteiger partial charge < -0.3 is 20.1 Å². The van der Waals surface area contributed by atoms with E-state index in [1.165, 1.54) is 51.4 Å². The average Bonchev–Trinajstić information content (AvgIpc) is 3.35. The lowest BCUT2D eigenvalue weighted by Gasteiger charge is -2.31. The SMILES string of the molecule is CC(C)(C)OC(=O)N[C@@H]1C=CC[C@@H]2CCC[C@@H]21.CC(C)(C)OC(=O)N[C@@H]1C=CC[C@@H]2CCC[C@@H]21. The minimum atomic E-state index is -0.419. The summed E-state index contributed by atoms with van der Waals surface area (Å²) in [6, 6.07) is 0.345. The Morgan fingerprint density at radius 2 is 1.06 bits per heavy atom. The van der Waals surface area contributed by atoms with Gasteiger partial charge in [-0.05, 0) is 104 Å². The Balaban J connectivity index is 0.000000191. The van der Waals surface area contributed by atoms with E-state index in [4.69, 9.17) is 9.47 Å². The summed E-state index contributed by atoms with van der Waals surface area (Å²) in [5, 5.41) is 6.00. The van der Waals surface area contributed by atoms with E-state index in [0.717, 1.165) is 11.8 Å². The minimum absolute atomic E-state index is 0.172. The fourth-order valence-corrected chi connectivity index (χ4v) is 5.94. The van der Waals surface area contributed by atoms with Gasteiger partial charge in [-0.25, -0.2) is 9.59 Å². The molecule has 34 heavy (non-hydrogen) atoms.